The van der Waals surface area contributed by atoms with Crippen LogP contribution in [0.3, 0.4) is 0 Å². The van der Waals surface area contributed by atoms with Gasteiger partial charge in [-0.05, 0) is 31.5 Å². The maximum absolute atomic E-state index is 12.2. The number of ether oxygens (including phenoxy) is 1. The summed E-state index contributed by atoms with van der Waals surface area (Å²) in [6.45, 7) is 2.60. The number of aryl methyl sites for hydroxylation is 1. The van der Waals surface area contributed by atoms with Crippen molar-refractivity contribution in [2.75, 3.05) is 11.9 Å². The summed E-state index contributed by atoms with van der Waals surface area (Å²) in [4.78, 5) is 34.5. The third kappa shape index (κ3) is 4.20. The molecule has 1 N–H and O–H groups in total. The Morgan fingerprint density at radius 1 is 1.29 bits per heavy atom. The molecular weight excluding hydrogens is 366 g/mol. The Balaban J connectivity index is 1.64. The van der Waals surface area contributed by atoms with E-state index in [1.807, 2.05) is 13.0 Å². The van der Waals surface area contributed by atoms with Crippen molar-refractivity contribution in [1.29, 1.82) is 0 Å². The number of para-hydroxylation sites is 2. The fourth-order valence-electron chi connectivity index (χ4n) is 2.84. The number of carbonyl (C=O) groups is 1. The molecule has 0 radical (unpaired) electrons. The normalized spacial score (nSPS) is 10.8. The number of nitro benzene ring substituents is 1. The van der Waals surface area contributed by atoms with E-state index < -0.39 is 10.7 Å². The smallest absolute Gasteiger partial charge is 0.419 e. The van der Waals surface area contributed by atoms with Crippen molar-refractivity contribution in [3.05, 3.63) is 63.1 Å². The van der Waals surface area contributed by atoms with Gasteiger partial charge in [0, 0.05) is 19.0 Å². The van der Waals surface area contributed by atoms with Gasteiger partial charge in [0.15, 0.2) is 5.58 Å². The van der Waals surface area contributed by atoms with Crippen molar-refractivity contribution < 1.29 is 18.9 Å². The van der Waals surface area contributed by atoms with Crippen molar-refractivity contribution >= 4 is 28.4 Å². The van der Waals surface area contributed by atoms with Gasteiger partial charge in [-0.1, -0.05) is 12.1 Å². The molecule has 28 heavy (non-hydrogen) atoms. The van der Waals surface area contributed by atoms with E-state index >= 15 is 0 Å². The van der Waals surface area contributed by atoms with Crippen LogP contribution in [0.15, 0.2) is 51.7 Å². The van der Waals surface area contributed by atoms with Crippen LogP contribution in [0, 0.1) is 10.1 Å². The molecule has 9 nitrogen and oxygen atoms in total. The minimum atomic E-state index is -0.613. The van der Waals surface area contributed by atoms with Gasteiger partial charge in [-0.2, -0.15) is 0 Å². The van der Waals surface area contributed by atoms with Gasteiger partial charge in [0.05, 0.1) is 28.8 Å². The number of rotatable bonds is 8. The molecule has 9 heteroatoms. The monoisotopic (exact) mass is 385 g/mol. The van der Waals surface area contributed by atoms with Crippen molar-refractivity contribution in [1.82, 2.24) is 4.57 Å². The molecule has 0 saturated heterocycles. The number of nitrogens with one attached hydrogen (secondary N) is 1. The van der Waals surface area contributed by atoms with E-state index in [4.69, 9.17) is 9.15 Å². The van der Waals surface area contributed by atoms with Gasteiger partial charge in [-0.25, -0.2) is 4.79 Å². The lowest BCUT2D eigenvalue weighted by molar-refractivity contribution is -0.384. The number of fused-ring (bicyclic) bond motifs is 1. The number of hydrogen-bond acceptors (Lipinski definition) is 6. The first-order valence-electron chi connectivity index (χ1n) is 8.79. The first kappa shape index (κ1) is 19.2. The molecule has 1 aromatic heterocycles. The van der Waals surface area contributed by atoms with Crippen LogP contribution in [-0.2, 0) is 11.3 Å². The van der Waals surface area contributed by atoms with Gasteiger partial charge in [-0.15, -0.1) is 0 Å². The van der Waals surface area contributed by atoms with Crippen LogP contribution in [0.1, 0.15) is 19.8 Å². The zero-order valence-corrected chi connectivity index (χ0v) is 15.2. The molecule has 0 aliphatic carbocycles. The second-order valence-corrected chi connectivity index (χ2v) is 6.01. The molecule has 0 aliphatic heterocycles. The molecule has 0 spiro atoms. The van der Waals surface area contributed by atoms with E-state index in [1.54, 1.807) is 18.2 Å². The number of benzene rings is 2. The molecule has 3 aromatic rings. The minimum Gasteiger partial charge on any atom is -0.492 e. The summed E-state index contributed by atoms with van der Waals surface area (Å²) < 4.78 is 11.9. The van der Waals surface area contributed by atoms with Crippen molar-refractivity contribution in [3.8, 4) is 5.75 Å². The summed E-state index contributed by atoms with van der Waals surface area (Å²) in [6.07, 6.45) is 0.584. The molecule has 0 atom stereocenters. The Kier molecular flexibility index (Phi) is 5.73. The van der Waals surface area contributed by atoms with E-state index in [9.17, 15) is 19.7 Å². The van der Waals surface area contributed by atoms with Gasteiger partial charge in [0.2, 0.25) is 5.91 Å². The minimum absolute atomic E-state index is 0.147. The van der Waals surface area contributed by atoms with Crippen LogP contribution in [0.2, 0.25) is 0 Å². The van der Waals surface area contributed by atoms with E-state index in [0.717, 1.165) is 0 Å². The molecule has 1 heterocycles. The topological polar surface area (TPSA) is 117 Å². The quantitative estimate of drug-likeness (QED) is 0.470. The molecule has 0 fully saturated rings. The van der Waals surface area contributed by atoms with Gasteiger partial charge < -0.3 is 14.5 Å². The Labute approximate surface area is 159 Å². The lowest BCUT2D eigenvalue weighted by Crippen LogP contribution is -2.17. The van der Waals surface area contributed by atoms with Crippen molar-refractivity contribution in [2.24, 2.45) is 0 Å². The summed E-state index contributed by atoms with van der Waals surface area (Å²) in [6, 6.07) is 11.1. The second kappa shape index (κ2) is 8.38. The van der Waals surface area contributed by atoms with Gasteiger partial charge >= 0.3 is 5.76 Å². The van der Waals surface area contributed by atoms with E-state index in [0.29, 0.717) is 30.0 Å². The van der Waals surface area contributed by atoms with Crippen LogP contribution < -0.4 is 15.8 Å². The Bertz CT molecular complexity index is 1070. The van der Waals surface area contributed by atoms with Crippen LogP contribution in [0.4, 0.5) is 11.4 Å². The van der Waals surface area contributed by atoms with E-state index in [-0.39, 0.29) is 30.1 Å². The molecule has 2 aromatic carbocycles. The first-order valence-corrected chi connectivity index (χ1v) is 8.79. The average Bonchev–Trinajstić information content (AvgIpc) is 2.98. The molecule has 0 saturated carbocycles. The number of nitrogens with zero attached hydrogens (tertiary/aromatic N) is 2. The lowest BCUT2D eigenvalue weighted by atomic mass is 10.2. The van der Waals surface area contributed by atoms with Gasteiger partial charge in [-0.3, -0.25) is 19.5 Å². The molecule has 146 valence electrons. The van der Waals surface area contributed by atoms with Gasteiger partial charge in [0.1, 0.15) is 5.75 Å². The number of aromatic nitrogens is 1. The van der Waals surface area contributed by atoms with Crippen molar-refractivity contribution in [2.45, 2.75) is 26.3 Å². The SMILES string of the molecule is CCOc1ccccc1NC(=O)CCCn1c(=O)oc2cc([N+](=O)[O-])ccc21. The summed E-state index contributed by atoms with van der Waals surface area (Å²) >= 11 is 0. The van der Waals surface area contributed by atoms with Crippen LogP contribution in [-0.4, -0.2) is 22.0 Å². The molecule has 0 bridgehead atoms. The maximum atomic E-state index is 12.2. The lowest BCUT2D eigenvalue weighted by Gasteiger charge is -2.11. The molecule has 0 unspecified atom stereocenters. The fourth-order valence-corrected chi connectivity index (χ4v) is 2.84. The summed E-state index contributed by atoms with van der Waals surface area (Å²) in [5.41, 5.74) is 1.04. The number of non-ortho nitro benzene ring substituents is 1. The zero-order valence-electron chi connectivity index (χ0n) is 15.2. The number of nitro groups is 1. The third-order valence-corrected chi connectivity index (χ3v) is 4.11. The third-order valence-electron chi connectivity index (χ3n) is 4.11. The first-order chi connectivity index (χ1) is 13.5. The Hall–Kier alpha value is -3.62. The number of oxazole rings is 1. The summed E-state index contributed by atoms with van der Waals surface area (Å²) in [5, 5.41) is 13.6. The molecule has 1 amide bonds. The van der Waals surface area contributed by atoms with Crippen LogP contribution in [0.5, 0.6) is 5.75 Å². The maximum Gasteiger partial charge on any atom is 0.419 e. The fraction of sp³-hybridized carbons (Fsp3) is 0.263. The highest BCUT2D eigenvalue weighted by molar-refractivity contribution is 5.92. The van der Waals surface area contributed by atoms with Crippen LogP contribution >= 0.6 is 0 Å². The van der Waals surface area contributed by atoms with Crippen LogP contribution in [0.25, 0.3) is 11.1 Å². The largest absolute Gasteiger partial charge is 0.492 e. The number of hydrogen-bond donors (Lipinski definition) is 1. The van der Waals surface area contributed by atoms with Crippen molar-refractivity contribution in [3.63, 3.8) is 0 Å². The predicted octanol–water partition coefficient (Wildman–Crippen LogP) is 3.32. The van der Waals surface area contributed by atoms with E-state index in [2.05, 4.69) is 5.32 Å². The number of carbonyl (C=O) groups excluding carboxylic acids is 1. The number of anilines is 1. The molecule has 0 aliphatic rings. The highest BCUT2D eigenvalue weighted by Crippen LogP contribution is 2.24. The Morgan fingerprint density at radius 3 is 2.82 bits per heavy atom. The Morgan fingerprint density at radius 2 is 2.07 bits per heavy atom. The zero-order chi connectivity index (χ0) is 20.1. The highest BCUT2D eigenvalue weighted by Gasteiger charge is 2.14. The standard InChI is InChI=1S/C19H19N3O6/c1-2-27-16-7-4-3-6-14(16)20-18(23)8-5-11-21-15-10-9-13(22(25)26)12-17(15)28-19(21)24/h3-4,6-7,9-10,12H,2,5,8,11H2,1H3,(H,20,23). The average molecular weight is 385 g/mol. The molecular formula is C19H19N3O6. The summed E-state index contributed by atoms with van der Waals surface area (Å²) in [5.74, 6) is -0.224. The highest BCUT2D eigenvalue weighted by atomic mass is 16.6. The number of amides is 1. The van der Waals surface area contributed by atoms with E-state index in [1.165, 1.54) is 22.8 Å². The molecule has 3 rings (SSSR count). The predicted molar refractivity (Wildman–Crippen MR) is 103 cm³/mol. The van der Waals surface area contributed by atoms with Gasteiger partial charge in [0.25, 0.3) is 5.69 Å². The second-order valence-electron chi connectivity index (χ2n) is 6.01. The summed E-state index contributed by atoms with van der Waals surface area (Å²) in [7, 11) is 0.